The predicted octanol–water partition coefficient (Wildman–Crippen LogP) is 1.71. The Bertz CT molecular complexity index is 637. The summed E-state index contributed by atoms with van der Waals surface area (Å²) < 4.78 is 10.0. The first-order valence-electron chi connectivity index (χ1n) is 7.24. The summed E-state index contributed by atoms with van der Waals surface area (Å²) in [7, 11) is 1.61. The molecule has 1 amide bonds. The zero-order valence-corrected chi connectivity index (χ0v) is 14.8. The number of ether oxygens (including phenoxy) is 1. The standard InChI is InChI=1S/C15H19ClN4O3.ClH/c1-22-8-7-17-10-13(21)18-6-5-14-19-15(20-23-14)11-3-2-4-12(16)9-11;/h2-4,9,17H,5-8,10H2,1H3,(H,18,21);1H. The normalized spacial score (nSPS) is 10.2. The van der Waals surface area contributed by atoms with E-state index < -0.39 is 0 Å². The Morgan fingerprint density at radius 2 is 2.21 bits per heavy atom. The van der Waals surface area contributed by atoms with E-state index in [-0.39, 0.29) is 24.9 Å². The summed E-state index contributed by atoms with van der Waals surface area (Å²) in [5.74, 6) is 0.860. The number of nitrogens with one attached hydrogen (secondary N) is 2. The van der Waals surface area contributed by atoms with Crippen molar-refractivity contribution < 1.29 is 14.1 Å². The minimum absolute atomic E-state index is 0. The Morgan fingerprint density at radius 1 is 1.38 bits per heavy atom. The van der Waals surface area contributed by atoms with E-state index in [1.807, 2.05) is 12.1 Å². The van der Waals surface area contributed by atoms with Gasteiger partial charge in [0.25, 0.3) is 0 Å². The average Bonchev–Trinajstić information content (AvgIpc) is 3.00. The van der Waals surface area contributed by atoms with Gasteiger partial charge in [0.1, 0.15) is 0 Å². The third-order valence-electron chi connectivity index (χ3n) is 2.98. The monoisotopic (exact) mass is 374 g/mol. The van der Waals surface area contributed by atoms with Crippen LogP contribution in [0, 0.1) is 0 Å². The average molecular weight is 375 g/mol. The lowest BCUT2D eigenvalue weighted by molar-refractivity contribution is -0.120. The highest BCUT2D eigenvalue weighted by molar-refractivity contribution is 6.30. The van der Waals surface area contributed by atoms with E-state index in [0.717, 1.165) is 5.56 Å². The molecule has 2 aromatic rings. The predicted molar refractivity (Wildman–Crippen MR) is 93.5 cm³/mol. The summed E-state index contributed by atoms with van der Waals surface area (Å²) in [5.41, 5.74) is 0.791. The number of hydrogen-bond donors (Lipinski definition) is 2. The molecule has 24 heavy (non-hydrogen) atoms. The van der Waals surface area contributed by atoms with Crippen LogP contribution in [-0.4, -0.2) is 49.4 Å². The Kier molecular flexibility index (Phi) is 9.33. The van der Waals surface area contributed by atoms with Crippen molar-refractivity contribution in [2.45, 2.75) is 6.42 Å². The van der Waals surface area contributed by atoms with Gasteiger partial charge in [-0.2, -0.15) is 4.98 Å². The zero-order chi connectivity index (χ0) is 16.5. The third kappa shape index (κ3) is 6.84. The number of methoxy groups -OCH3 is 1. The van der Waals surface area contributed by atoms with Crippen molar-refractivity contribution in [1.82, 2.24) is 20.8 Å². The molecular weight excluding hydrogens is 355 g/mol. The van der Waals surface area contributed by atoms with Gasteiger partial charge in [-0.1, -0.05) is 28.9 Å². The molecule has 9 heteroatoms. The van der Waals surface area contributed by atoms with Crippen molar-refractivity contribution in [3.05, 3.63) is 35.2 Å². The highest BCUT2D eigenvalue weighted by Gasteiger charge is 2.09. The van der Waals surface area contributed by atoms with Gasteiger partial charge in [-0.05, 0) is 12.1 Å². The van der Waals surface area contributed by atoms with Crippen molar-refractivity contribution >= 4 is 29.9 Å². The lowest BCUT2D eigenvalue weighted by Crippen LogP contribution is -2.36. The van der Waals surface area contributed by atoms with Crippen LogP contribution in [0.5, 0.6) is 0 Å². The number of amides is 1. The van der Waals surface area contributed by atoms with Crippen molar-refractivity contribution in [3.63, 3.8) is 0 Å². The van der Waals surface area contributed by atoms with E-state index in [4.69, 9.17) is 20.9 Å². The van der Waals surface area contributed by atoms with Gasteiger partial charge in [0.2, 0.25) is 17.6 Å². The second-order valence-electron chi connectivity index (χ2n) is 4.79. The van der Waals surface area contributed by atoms with Gasteiger partial charge in [-0.25, -0.2) is 0 Å². The molecule has 0 saturated carbocycles. The number of aromatic nitrogens is 2. The maximum absolute atomic E-state index is 11.6. The van der Waals surface area contributed by atoms with E-state index >= 15 is 0 Å². The number of halogens is 2. The molecule has 0 aliphatic rings. The van der Waals surface area contributed by atoms with E-state index in [1.54, 1.807) is 19.2 Å². The van der Waals surface area contributed by atoms with Gasteiger partial charge in [0.05, 0.1) is 13.2 Å². The van der Waals surface area contributed by atoms with Crippen LogP contribution in [0.4, 0.5) is 0 Å². The fourth-order valence-corrected chi connectivity index (χ4v) is 2.04. The van der Waals surface area contributed by atoms with Gasteiger partial charge in [0, 0.05) is 37.2 Å². The molecule has 0 saturated heterocycles. The van der Waals surface area contributed by atoms with E-state index in [2.05, 4.69) is 20.8 Å². The fraction of sp³-hybridized carbons (Fsp3) is 0.400. The maximum atomic E-state index is 11.6. The van der Waals surface area contributed by atoms with Gasteiger partial charge < -0.3 is 19.9 Å². The number of nitrogens with zero attached hydrogens (tertiary/aromatic N) is 2. The van der Waals surface area contributed by atoms with Crippen molar-refractivity contribution in [1.29, 1.82) is 0 Å². The first kappa shape index (κ1) is 20.4. The van der Waals surface area contributed by atoms with Gasteiger partial charge in [0.15, 0.2) is 0 Å². The topological polar surface area (TPSA) is 89.3 Å². The van der Waals surface area contributed by atoms with Crippen LogP contribution in [0.25, 0.3) is 11.4 Å². The first-order chi connectivity index (χ1) is 11.2. The van der Waals surface area contributed by atoms with Crippen LogP contribution < -0.4 is 10.6 Å². The summed E-state index contributed by atoms with van der Waals surface area (Å²) in [6.07, 6.45) is 0.470. The number of carbonyl (C=O) groups excluding carboxylic acids is 1. The maximum Gasteiger partial charge on any atom is 0.233 e. The molecule has 0 aliphatic heterocycles. The molecule has 2 rings (SSSR count). The van der Waals surface area contributed by atoms with Gasteiger partial charge in [-0.3, -0.25) is 4.79 Å². The summed E-state index contributed by atoms with van der Waals surface area (Å²) in [6, 6.07) is 7.23. The fourth-order valence-electron chi connectivity index (χ4n) is 1.85. The van der Waals surface area contributed by atoms with Crippen molar-refractivity contribution in [2.75, 3.05) is 33.4 Å². The number of carbonyl (C=O) groups is 1. The Balaban J connectivity index is 0.00000288. The summed E-state index contributed by atoms with van der Waals surface area (Å²) >= 11 is 5.93. The van der Waals surface area contributed by atoms with Crippen molar-refractivity contribution in [2.24, 2.45) is 0 Å². The summed E-state index contributed by atoms with van der Waals surface area (Å²) in [6.45, 7) is 1.89. The molecule has 2 N–H and O–H groups in total. The minimum atomic E-state index is -0.0873. The highest BCUT2D eigenvalue weighted by atomic mass is 35.5. The lowest BCUT2D eigenvalue weighted by Gasteiger charge is -2.04. The molecule has 0 atom stereocenters. The molecule has 1 aromatic carbocycles. The molecule has 0 spiro atoms. The van der Waals surface area contributed by atoms with Gasteiger partial charge in [-0.15, -0.1) is 12.4 Å². The Hall–Kier alpha value is -1.67. The van der Waals surface area contributed by atoms with Crippen LogP contribution in [0.1, 0.15) is 5.89 Å². The molecule has 0 unspecified atom stereocenters. The lowest BCUT2D eigenvalue weighted by atomic mass is 10.2. The molecule has 0 fully saturated rings. The van der Waals surface area contributed by atoms with E-state index in [1.165, 1.54) is 0 Å². The van der Waals surface area contributed by atoms with E-state index in [9.17, 15) is 4.79 Å². The van der Waals surface area contributed by atoms with E-state index in [0.29, 0.717) is 42.9 Å². The second kappa shape index (κ2) is 11.0. The number of benzene rings is 1. The van der Waals surface area contributed by atoms with Crippen LogP contribution in [-0.2, 0) is 16.0 Å². The van der Waals surface area contributed by atoms with Crippen LogP contribution in [0.2, 0.25) is 5.02 Å². The zero-order valence-electron chi connectivity index (χ0n) is 13.3. The van der Waals surface area contributed by atoms with Crippen LogP contribution in [0.3, 0.4) is 0 Å². The molecular formula is C15H20Cl2N4O3. The summed E-state index contributed by atoms with van der Waals surface area (Å²) in [5, 5.41) is 10.3. The van der Waals surface area contributed by atoms with Gasteiger partial charge >= 0.3 is 0 Å². The molecule has 1 heterocycles. The number of hydrogen-bond acceptors (Lipinski definition) is 6. The molecule has 132 valence electrons. The molecule has 0 aliphatic carbocycles. The van der Waals surface area contributed by atoms with Crippen LogP contribution in [0.15, 0.2) is 28.8 Å². The quantitative estimate of drug-likeness (QED) is 0.649. The Labute approximate surface area is 151 Å². The SMILES string of the molecule is COCCNCC(=O)NCCc1nc(-c2cccc(Cl)c2)no1.Cl. The first-order valence-corrected chi connectivity index (χ1v) is 7.61. The largest absolute Gasteiger partial charge is 0.383 e. The smallest absolute Gasteiger partial charge is 0.233 e. The third-order valence-corrected chi connectivity index (χ3v) is 3.22. The Morgan fingerprint density at radius 3 is 2.96 bits per heavy atom. The second-order valence-corrected chi connectivity index (χ2v) is 5.23. The van der Waals surface area contributed by atoms with Crippen LogP contribution >= 0.6 is 24.0 Å². The molecule has 0 bridgehead atoms. The molecule has 0 radical (unpaired) electrons. The highest BCUT2D eigenvalue weighted by Crippen LogP contribution is 2.19. The number of rotatable bonds is 9. The minimum Gasteiger partial charge on any atom is -0.383 e. The van der Waals surface area contributed by atoms with Crippen molar-refractivity contribution in [3.8, 4) is 11.4 Å². The molecule has 7 nitrogen and oxygen atoms in total. The molecule has 1 aromatic heterocycles. The summed E-state index contributed by atoms with van der Waals surface area (Å²) in [4.78, 5) is 15.8.